The molecule has 84 valence electrons. The van der Waals surface area contributed by atoms with Crippen LogP contribution in [0.5, 0.6) is 0 Å². The first-order valence-corrected chi connectivity index (χ1v) is 5.50. The van der Waals surface area contributed by atoms with Crippen molar-refractivity contribution in [2.24, 2.45) is 0 Å². The molecule has 1 N–H and O–H groups in total. The van der Waals surface area contributed by atoms with E-state index in [1.54, 1.807) is 12.4 Å². The third-order valence-corrected chi connectivity index (χ3v) is 2.27. The fourth-order valence-electron chi connectivity index (χ4n) is 1.45. The number of benzene rings is 1. The van der Waals surface area contributed by atoms with E-state index in [0.29, 0.717) is 0 Å². The topological polar surface area (TPSA) is 28.7 Å². The molecule has 0 atom stereocenters. The molecule has 2 aromatic heterocycles. The summed E-state index contributed by atoms with van der Waals surface area (Å²) in [7, 11) is 0. The van der Waals surface area contributed by atoms with E-state index >= 15 is 0 Å². The van der Waals surface area contributed by atoms with Crippen LogP contribution in [-0.2, 0) is 0 Å². The van der Waals surface area contributed by atoms with E-state index in [0.717, 1.165) is 0 Å². The molecule has 2 heteroatoms. The average Bonchev–Trinajstić information content (AvgIpc) is 2.96. The number of aromatic nitrogens is 2. The molecule has 0 fully saturated rings. The van der Waals surface area contributed by atoms with Gasteiger partial charge < -0.3 is 4.98 Å². The largest absolute Gasteiger partial charge is 0.367 e. The van der Waals surface area contributed by atoms with Gasteiger partial charge in [-0.15, -0.1) is 0 Å². The minimum absolute atomic E-state index is 1.24. The van der Waals surface area contributed by atoms with Gasteiger partial charge in [-0.1, -0.05) is 36.4 Å². The number of pyridine rings is 1. The lowest BCUT2D eigenvalue weighted by Gasteiger charge is -1.93. The van der Waals surface area contributed by atoms with Crippen LogP contribution in [-0.4, -0.2) is 9.97 Å². The Hall–Kier alpha value is -2.35. The predicted molar refractivity (Wildman–Crippen MR) is 70.5 cm³/mol. The molecular weight excluding hydrogens is 208 g/mol. The molecule has 0 saturated carbocycles. The van der Waals surface area contributed by atoms with Gasteiger partial charge in [0.1, 0.15) is 0 Å². The van der Waals surface area contributed by atoms with Crippen LogP contribution in [0.1, 0.15) is 0 Å². The number of hydrogen-bond donors (Lipinski definition) is 1. The second-order valence-electron chi connectivity index (χ2n) is 3.49. The molecule has 0 amide bonds. The molecule has 0 aliphatic carbocycles. The summed E-state index contributed by atoms with van der Waals surface area (Å²) in [5, 5.41) is 0. The third kappa shape index (κ3) is 3.61. The van der Waals surface area contributed by atoms with Gasteiger partial charge in [0.2, 0.25) is 0 Å². The number of aromatic amines is 1. The smallest absolute Gasteiger partial charge is 0.0267 e. The first-order valence-electron chi connectivity index (χ1n) is 5.50. The van der Waals surface area contributed by atoms with Crippen molar-refractivity contribution in [3.05, 3.63) is 79.4 Å². The van der Waals surface area contributed by atoms with Gasteiger partial charge in [0.15, 0.2) is 0 Å². The van der Waals surface area contributed by atoms with Gasteiger partial charge in [0.25, 0.3) is 0 Å². The monoisotopic (exact) mass is 222 g/mol. The zero-order valence-electron chi connectivity index (χ0n) is 9.45. The fourth-order valence-corrected chi connectivity index (χ4v) is 1.45. The van der Waals surface area contributed by atoms with Crippen LogP contribution in [0, 0.1) is 0 Å². The van der Waals surface area contributed by atoms with Gasteiger partial charge in [-0.2, -0.15) is 0 Å². The lowest BCUT2D eigenvalue weighted by molar-refractivity contribution is 1.33. The van der Waals surface area contributed by atoms with Crippen LogP contribution in [0.25, 0.3) is 11.1 Å². The van der Waals surface area contributed by atoms with Crippen molar-refractivity contribution in [3.63, 3.8) is 0 Å². The standard InChI is InChI=1S/C10H9N.C5H5N/c1-2-4-9(5-3-1)10-6-7-11-8-10;1-2-4-6-5-3-1/h1-8,11H;1-5H. The molecule has 0 aliphatic heterocycles. The summed E-state index contributed by atoms with van der Waals surface area (Å²) in [5.74, 6) is 0. The van der Waals surface area contributed by atoms with Crippen LogP contribution in [0.3, 0.4) is 0 Å². The Bertz CT molecular complexity index is 474. The summed E-state index contributed by atoms with van der Waals surface area (Å²) in [5.41, 5.74) is 2.50. The maximum atomic E-state index is 3.78. The first-order chi connectivity index (χ1) is 8.47. The van der Waals surface area contributed by atoms with E-state index in [4.69, 9.17) is 0 Å². The van der Waals surface area contributed by atoms with E-state index < -0.39 is 0 Å². The van der Waals surface area contributed by atoms with Crippen molar-refractivity contribution in [3.8, 4) is 11.1 Å². The van der Waals surface area contributed by atoms with Gasteiger partial charge in [-0.3, -0.25) is 4.98 Å². The van der Waals surface area contributed by atoms with Crippen LogP contribution in [0.4, 0.5) is 0 Å². The Kier molecular flexibility index (Phi) is 4.12. The molecule has 2 heterocycles. The quantitative estimate of drug-likeness (QED) is 0.667. The van der Waals surface area contributed by atoms with Gasteiger partial charge in [-0.05, 0) is 29.3 Å². The van der Waals surface area contributed by atoms with Crippen LogP contribution < -0.4 is 0 Å². The Balaban J connectivity index is 0.000000153. The van der Waals surface area contributed by atoms with E-state index in [9.17, 15) is 0 Å². The Morgan fingerprint density at radius 2 is 1.41 bits per heavy atom. The Labute approximate surface area is 101 Å². The second-order valence-corrected chi connectivity index (χ2v) is 3.49. The van der Waals surface area contributed by atoms with E-state index in [-0.39, 0.29) is 0 Å². The summed E-state index contributed by atoms with van der Waals surface area (Å²) in [4.78, 5) is 6.81. The summed E-state index contributed by atoms with van der Waals surface area (Å²) in [6.07, 6.45) is 7.43. The van der Waals surface area contributed by atoms with Crippen molar-refractivity contribution in [2.75, 3.05) is 0 Å². The molecule has 3 aromatic rings. The highest BCUT2D eigenvalue weighted by Crippen LogP contribution is 2.16. The zero-order chi connectivity index (χ0) is 11.8. The minimum Gasteiger partial charge on any atom is -0.367 e. The lowest BCUT2D eigenvalue weighted by Crippen LogP contribution is -1.69. The fraction of sp³-hybridized carbons (Fsp3) is 0. The maximum Gasteiger partial charge on any atom is 0.0267 e. The minimum atomic E-state index is 1.24. The molecule has 0 radical (unpaired) electrons. The predicted octanol–water partition coefficient (Wildman–Crippen LogP) is 3.76. The molecule has 17 heavy (non-hydrogen) atoms. The van der Waals surface area contributed by atoms with Crippen molar-refractivity contribution in [1.29, 1.82) is 0 Å². The molecule has 0 spiro atoms. The summed E-state index contributed by atoms with van der Waals surface area (Å²) < 4.78 is 0. The average molecular weight is 222 g/mol. The molecule has 2 nitrogen and oxygen atoms in total. The van der Waals surface area contributed by atoms with Gasteiger partial charge >= 0.3 is 0 Å². The molecule has 0 unspecified atom stereocenters. The summed E-state index contributed by atoms with van der Waals surface area (Å²) >= 11 is 0. The van der Waals surface area contributed by atoms with Crippen LogP contribution in [0.2, 0.25) is 0 Å². The lowest BCUT2D eigenvalue weighted by atomic mass is 10.1. The molecule has 3 rings (SSSR count). The molecular formula is C15H14N2. The van der Waals surface area contributed by atoms with Crippen LogP contribution >= 0.6 is 0 Å². The normalized spacial score (nSPS) is 9.18. The van der Waals surface area contributed by atoms with Crippen molar-refractivity contribution >= 4 is 0 Å². The van der Waals surface area contributed by atoms with E-state index in [1.165, 1.54) is 11.1 Å². The number of hydrogen-bond acceptors (Lipinski definition) is 1. The molecule has 0 aliphatic rings. The number of rotatable bonds is 1. The molecule has 0 bridgehead atoms. The van der Waals surface area contributed by atoms with Gasteiger partial charge in [0.05, 0.1) is 0 Å². The van der Waals surface area contributed by atoms with Crippen molar-refractivity contribution in [1.82, 2.24) is 9.97 Å². The van der Waals surface area contributed by atoms with Crippen molar-refractivity contribution < 1.29 is 0 Å². The third-order valence-electron chi connectivity index (χ3n) is 2.27. The maximum absolute atomic E-state index is 3.78. The highest BCUT2D eigenvalue weighted by atomic mass is 14.6. The summed E-state index contributed by atoms with van der Waals surface area (Å²) in [6.45, 7) is 0. The number of nitrogens with one attached hydrogen (secondary N) is 1. The Morgan fingerprint density at radius 1 is 0.706 bits per heavy atom. The highest BCUT2D eigenvalue weighted by Gasteiger charge is 1.93. The van der Waals surface area contributed by atoms with Crippen LogP contribution in [0.15, 0.2) is 79.4 Å². The second kappa shape index (κ2) is 6.28. The van der Waals surface area contributed by atoms with Crippen molar-refractivity contribution in [2.45, 2.75) is 0 Å². The number of H-pyrrole nitrogens is 1. The highest BCUT2D eigenvalue weighted by molar-refractivity contribution is 5.61. The van der Waals surface area contributed by atoms with Gasteiger partial charge in [0, 0.05) is 24.8 Å². The number of nitrogens with zero attached hydrogens (tertiary/aromatic N) is 1. The first kappa shape index (κ1) is 11.1. The van der Waals surface area contributed by atoms with E-state index in [1.807, 2.05) is 48.8 Å². The zero-order valence-corrected chi connectivity index (χ0v) is 9.45. The van der Waals surface area contributed by atoms with E-state index in [2.05, 4.69) is 28.2 Å². The SMILES string of the molecule is c1ccc(-c2cc[nH]c2)cc1.c1ccncc1. The summed E-state index contributed by atoms with van der Waals surface area (Å²) in [6, 6.07) is 18.1. The Morgan fingerprint density at radius 3 is 1.88 bits per heavy atom. The van der Waals surface area contributed by atoms with Gasteiger partial charge in [-0.25, -0.2) is 0 Å². The molecule has 0 saturated heterocycles. The molecule has 1 aromatic carbocycles.